The van der Waals surface area contributed by atoms with E-state index >= 15 is 0 Å². The standard InChI is InChI=1S/C31H33NO9/c1-3-38-30(35)27-21-16-20-19(11-7-12-24(20)37-2)28-22(21)17-25(27)40-29(34)23(15-18-9-5-4-6-10-18)32-31(36)39-14-8-13-26(33)41-28/h4-13,21-23,25,27-28H,3,14-17H2,1-2H3,(H,32,36)/t21-,22+,23+,25-,27+,28+/m1/s1. The van der Waals surface area contributed by atoms with Crippen molar-refractivity contribution in [1.29, 1.82) is 0 Å². The normalized spacial score (nSPS) is 27.6. The van der Waals surface area contributed by atoms with Crippen molar-refractivity contribution in [3.05, 3.63) is 77.4 Å². The van der Waals surface area contributed by atoms with Gasteiger partial charge in [0.25, 0.3) is 0 Å². The number of fused-ring (bicyclic) bond motifs is 3. The number of methoxy groups -OCH3 is 1. The van der Waals surface area contributed by atoms with E-state index in [0.717, 1.165) is 16.7 Å². The molecule has 2 aromatic rings. The number of rotatable bonds is 5. The molecule has 10 nitrogen and oxygen atoms in total. The number of carbonyl (C=O) groups is 4. The fraction of sp³-hybridized carbons (Fsp3) is 0.419. The van der Waals surface area contributed by atoms with E-state index in [1.807, 2.05) is 48.5 Å². The molecule has 1 aliphatic heterocycles. The lowest BCUT2D eigenvalue weighted by Gasteiger charge is -2.36. The summed E-state index contributed by atoms with van der Waals surface area (Å²) in [5, 5.41) is 2.58. The van der Waals surface area contributed by atoms with E-state index in [0.29, 0.717) is 12.2 Å². The Balaban J connectivity index is 1.54. The molecule has 2 aliphatic carbocycles. The molecule has 2 aromatic carbocycles. The van der Waals surface area contributed by atoms with Gasteiger partial charge in [0.1, 0.15) is 30.6 Å². The Labute approximate surface area is 237 Å². The highest BCUT2D eigenvalue weighted by Crippen LogP contribution is 2.54. The monoisotopic (exact) mass is 563 g/mol. The summed E-state index contributed by atoms with van der Waals surface area (Å²) in [5.74, 6) is -2.69. The van der Waals surface area contributed by atoms with Crippen LogP contribution < -0.4 is 10.1 Å². The quantitative estimate of drug-likeness (QED) is 0.430. The molecule has 0 aromatic heterocycles. The van der Waals surface area contributed by atoms with E-state index in [9.17, 15) is 19.2 Å². The molecule has 6 atom stereocenters. The van der Waals surface area contributed by atoms with E-state index < -0.39 is 48.2 Å². The first-order valence-electron chi connectivity index (χ1n) is 13.8. The Morgan fingerprint density at radius 1 is 1.02 bits per heavy atom. The fourth-order valence-electron chi connectivity index (χ4n) is 6.21. The second-order valence-corrected chi connectivity index (χ2v) is 10.3. The van der Waals surface area contributed by atoms with Crippen molar-refractivity contribution in [2.75, 3.05) is 20.3 Å². The Morgan fingerprint density at radius 2 is 1.83 bits per heavy atom. The third-order valence-corrected chi connectivity index (χ3v) is 7.93. The highest BCUT2D eigenvalue weighted by Gasteiger charge is 2.56. The molecule has 1 N–H and O–H groups in total. The van der Waals surface area contributed by atoms with E-state index in [2.05, 4.69) is 5.32 Å². The number of hydrogen-bond acceptors (Lipinski definition) is 9. The van der Waals surface area contributed by atoms with Gasteiger partial charge in [-0.25, -0.2) is 14.4 Å². The molecule has 0 unspecified atom stereocenters. The highest BCUT2D eigenvalue weighted by atomic mass is 16.6. The molecular weight excluding hydrogens is 530 g/mol. The molecule has 1 saturated carbocycles. The van der Waals surface area contributed by atoms with E-state index in [1.54, 1.807) is 14.0 Å². The summed E-state index contributed by atoms with van der Waals surface area (Å²) in [4.78, 5) is 52.4. The third-order valence-electron chi connectivity index (χ3n) is 7.93. The van der Waals surface area contributed by atoms with Crippen molar-refractivity contribution >= 4 is 24.0 Å². The van der Waals surface area contributed by atoms with Crippen LogP contribution in [-0.4, -0.2) is 56.5 Å². The maximum Gasteiger partial charge on any atom is 0.408 e. The van der Waals surface area contributed by atoms with E-state index in [1.165, 1.54) is 12.2 Å². The zero-order chi connectivity index (χ0) is 28.9. The Kier molecular flexibility index (Phi) is 8.56. The first-order chi connectivity index (χ1) is 19.9. The van der Waals surface area contributed by atoms with Gasteiger partial charge in [0.05, 0.1) is 19.6 Å². The molecule has 0 radical (unpaired) electrons. The number of amides is 1. The van der Waals surface area contributed by atoms with Crippen LogP contribution in [0, 0.1) is 17.8 Å². The van der Waals surface area contributed by atoms with Crippen LogP contribution in [0.15, 0.2) is 60.7 Å². The minimum absolute atomic E-state index is 0.153. The largest absolute Gasteiger partial charge is 0.496 e. The van der Waals surface area contributed by atoms with Gasteiger partial charge in [-0.2, -0.15) is 0 Å². The number of carbonyl (C=O) groups excluding carboxylic acids is 4. The van der Waals surface area contributed by atoms with E-state index in [4.69, 9.17) is 23.7 Å². The summed E-state index contributed by atoms with van der Waals surface area (Å²) in [5.41, 5.74) is 2.41. The molecule has 10 heteroatoms. The van der Waals surface area contributed by atoms with Crippen LogP contribution in [0.5, 0.6) is 5.75 Å². The molecule has 1 heterocycles. The number of hydrogen-bond donors (Lipinski definition) is 1. The molecule has 3 aliphatic rings. The first-order valence-corrected chi connectivity index (χ1v) is 13.8. The van der Waals surface area contributed by atoms with Gasteiger partial charge in [-0.1, -0.05) is 42.5 Å². The summed E-state index contributed by atoms with van der Waals surface area (Å²) in [6.45, 7) is 1.66. The van der Waals surface area contributed by atoms with Crippen molar-refractivity contribution in [2.24, 2.45) is 17.8 Å². The molecule has 41 heavy (non-hydrogen) atoms. The molecule has 2 bridgehead atoms. The zero-order valence-corrected chi connectivity index (χ0v) is 22.9. The van der Waals surface area contributed by atoms with Crippen LogP contribution in [0.2, 0.25) is 0 Å². The van der Waals surface area contributed by atoms with Gasteiger partial charge >= 0.3 is 24.0 Å². The lowest BCUT2D eigenvalue weighted by atomic mass is 9.72. The zero-order valence-electron chi connectivity index (χ0n) is 22.9. The molecule has 1 amide bonds. The number of ether oxygens (including phenoxy) is 5. The van der Waals surface area contributed by atoms with Crippen LogP contribution in [0.25, 0.3) is 0 Å². The van der Waals surface area contributed by atoms with Gasteiger partial charge in [-0.05, 0) is 49.0 Å². The molecule has 0 saturated heterocycles. The summed E-state index contributed by atoms with van der Waals surface area (Å²) in [6, 6.07) is 13.6. The van der Waals surface area contributed by atoms with E-state index in [-0.39, 0.29) is 37.9 Å². The average molecular weight is 564 g/mol. The fourth-order valence-corrected chi connectivity index (χ4v) is 6.21. The van der Waals surface area contributed by atoms with Crippen LogP contribution in [0.4, 0.5) is 4.79 Å². The number of alkyl carbamates (subject to hydrolysis) is 1. The van der Waals surface area contributed by atoms with Crippen LogP contribution in [0.1, 0.15) is 36.1 Å². The van der Waals surface area contributed by atoms with Crippen molar-refractivity contribution < 1.29 is 42.9 Å². The predicted octanol–water partition coefficient (Wildman–Crippen LogP) is 3.47. The number of benzene rings is 2. The van der Waals surface area contributed by atoms with Crippen LogP contribution >= 0.6 is 0 Å². The Bertz CT molecular complexity index is 1320. The second kappa shape index (κ2) is 12.4. The summed E-state index contributed by atoms with van der Waals surface area (Å²) < 4.78 is 28.2. The highest BCUT2D eigenvalue weighted by molar-refractivity contribution is 5.84. The van der Waals surface area contributed by atoms with Crippen molar-refractivity contribution in [2.45, 2.75) is 44.4 Å². The van der Waals surface area contributed by atoms with Gasteiger partial charge in [0.2, 0.25) is 0 Å². The Hall–Kier alpha value is -4.34. The van der Waals surface area contributed by atoms with Gasteiger partial charge < -0.3 is 29.0 Å². The van der Waals surface area contributed by atoms with Crippen LogP contribution in [-0.2, 0) is 46.2 Å². The number of cyclic esters (lactones) is 1. The Morgan fingerprint density at radius 3 is 2.59 bits per heavy atom. The predicted molar refractivity (Wildman–Crippen MR) is 145 cm³/mol. The van der Waals surface area contributed by atoms with Gasteiger partial charge in [0.15, 0.2) is 0 Å². The maximum absolute atomic E-state index is 13.6. The number of nitrogens with one attached hydrogen (secondary N) is 1. The molecule has 1 fully saturated rings. The lowest BCUT2D eigenvalue weighted by molar-refractivity contribution is -0.162. The molecule has 216 valence electrons. The van der Waals surface area contributed by atoms with Gasteiger partial charge in [-0.3, -0.25) is 4.79 Å². The first kappa shape index (κ1) is 28.2. The maximum atomic E-state index is 13.6. The average Bonchev–Trinajstić information content (AvgIpc) is 3.32. The summed E-state index contributed by atoms with van der Waals surface area (Å²) in [7, 11) is 1.56. The summed E-state index contributed by atoms with van der Waals surface area (Å²) in [6.07, 6.45) is 1.01. The van der Waals surface area contributed by atoms with Crippen molar-refractivity contribution in [1.82, 2.24) is 5.32 Å². The minimum Gasteiger partial charge on any atom is -0.496 e. The summed E-state index contributed by atoms with van der Waals surface area (Å²) >= 11 is 0. The molecule has 0 spiro atoms. The minimum atomic E-state index is -1.07. The van der Waals surface area contributed by atoms with Gasteiger partial charge in [-0.15, -0.1) is 0 Å². The second-order valence-electron chi connectivity index (χ2n) is 10.3. The third kappa shape index (κ3) is 6.06. The van der Waals surface area contributed by atoms with Crippen molar-refractivity contribution in [3.63, 3.8) is 0 Å². The lowest BCUT2D eigenvalue weighted by Crippen LogP contribution is -2.46. The molecule has 5 rings (SSSR count). The smallest absolute Gasteiger partial charge is 0.408 e. The van der Waals surface area contributed by atoms with Crippen LogP contribution in [0.3, 0.4) is 0 Å². The van der Waals surface area contributed by atoms with Gasteiger partial charge in [0, 0.05) is 24.0 Å². The van der Waals surface area contributed by atoms with Crippen molar-refractivity contribution in [3.8, 4) is 5.75 Å². The molecular formula is C31H33NO9. The number of esters is 3. The topological polar surface area (TPSA) is 126 Å². The SMILES string of the molecule is CCOC(=O)[C@H]1[C@@H]2Cc3c(OC)cccc3[C@@H]3OC(=O)C=CCOC(=O)N[C@@H](Cc4ccccc4)C(=O)O[C@@H]1C[C@@H]23.